The average Bonchev–Trinajstić information content (AvgIpc) is 2.35. The number of benzene rings is 1. The number of ether oxygens (including phenoxy) is 1. The maximum atomic E-state index is 11.2. The topological polar surface area (TPSA) is 58.6 Å². The Hall–Kier alpha value is -1.55. The van der Waals surface area contributed by atoms with Gasteiger partial charge in [0.1, 0.15) is 17.9 Å². The molecule has 0 aliphatic carbocycles. The minimum atomic E-state index is -1.09. The summed E-state index contributed by atoms with van der Waals surface area (Å²) in [5, 5.41) is 12.0. The Morgan fingerprint density at radius 3 is 2.58 bits per heavy atom. The van der Waals surface area contributed by atoms with Crippen molar-refractivity contribution in [2.24, 2.45) is 0 Å². The molecule has 0 heterocycles. The molecule has 106 valence electrons. The van der Waals surface area contributed by atoms with Gasteiger partial charge in [0, 0.05) is 0 Å². The van der Waals surface area contributed by atoms with Crippen molar-refractivity contribution in [3.63, 3.8) is 0 Å². The largest absolute Gasteiger partial charge is 0.491 e. The Morgan fingerprint density at radius 1 is 1.47 bits per heavy atom. The summed E-state index contributed by atoms with van der Waals surface area (Å²) in [5.41, 5.74) is 1.10. The van der Waals surface area contributed by atoms with Crippen LogP contribution in [0.1, 0.15) is 37.8 Å². The lowest BCUT2D eigenvalue weighted by atomic mass is 10.00. The van der Waals surface area contributed by atoms with Crippen molar-refractivity contribution in [3.8, 4) is 5.75 Å². The van der Waals surface area contributed by atoms with Gasteiger partial charge in [-0.3, -0.25) is 4.79 Å². The second kappa shape index (κ2) is 6.06. The lowest BCUT2D eigenvalue weighted by molar-refractivity contribution is -0.145. The van der Waals surface area contributed by atoms with Crippen molar-refractivity contribution in [3.05, 3.63) is 29.3 Å². The third-order valence-corrected chi connectivity index (χ3v) is 3.33. The van der Waals surface area contributed by atoms with E-state index in [4.69, 9.17) is 4.74 Å². The molecule has 2 N–H and O–H groups in total. The Bertz CT molecular complexity index is 457. The molecule has 0 bridgehead atoms. The lowest BCUT2D eigenvalue weighted by Gasteiger charge is -2.25. The fourth-order valence-electron chi connectivity index (χ4n) is 1.71. The van der Waals surface area contributed by atoms with Gasteiger partial charge in [-0.05, 0) is 44.0 Å². The van der Waals surface area contributed by atoms with E-state index in [-0.39, 0.29) is 6.61 Å². The van der Waals surface area contributed by atoms with Gasteiger partial charge >= 0.3 is 5.97 Å². The number of aliphatic carboxylic acids is 1. The van der Waals surface area contributed by atoms with E-state index in [2.05, 4.69) is 19.2 Å². The molecule has 0 amide bonds. The highest BCUT2D eigenvalue weighted by Crippen LogP contribution is 2.28. The molecule has 0 aromatic heterocycles. The summed E-state index contributed by atoms with van der Waals surface area (Å²) in [6.07, 6.45) is 0. The van der Waals surface area contributed by atoms with E-state index in [0.29, 0.717) is 5.92 Å². The molecule has 1 unspecified atom stereocenters. The van der Waals surface area contributed by atoms with Gasteiger partial charge in [0.25, 0.3) is 0 Å². The Kier molecular flexibility index (Phi) is 4.95. The smallest absolute Gasteiger partial charge is 0.327 e. The second-order valence-corrected chi connectivity index (χ2v) is 5.37. The Labute approximate surface area is 114 Å². The van der Waals surface area contributed by atoms with E-state index in [1.165, 1.54) is 0 Å². The summed E-state index contributed by atoms with van der Waals surface area (Å²) in [5.74, 6) is 0.174. The molecule has 4 nitrogen and oxygen atoms in total. The zero-order valence-corrected chi connectivity index (χ0v) is 12.3. The zero-order chi connectivity index (χ0) is 14.6. The number of carbonyl (C=O) groups is 1. The molecule has 1 aromatic carbocycles. The molecule has 1 rings (SSSR count). The zero-order valence-electron chi connectivity index (χ0n) is 12.3. The number of carboxylic acids is 1. The van der Waals surface area contributed by atoms with Gasteiger partial charge in [-0.2, -0.15) is 0 Å². The van der Waals surface area contributed by atoms with Gasteiger partial charge in [0.15, 0.2) is 0 Å². The third kappa shape index (κ3) is 3.70. The number of rotatable bonds is 6. The summed E-state index contributed by atoms with van der Waals surface area (Å²) in [7, 11) is 1.62. The predicted molar refractivity (Wildman–Crippen MR) is 75.9 cm³/mol. The highest BCUT2D eigenvalue weighted by molar-refractivity contribution is 5.78. The van der Waals surface area contributed by atoms with E-state index in [1.807, 2.05) is 25.1 Å². The molecule has 0 saturated carbocycles. The number of aryl methyl sites for hydroxylation is 1. The molecular formula is C15H23NO3. The summed E-state index contributed by atoms with van der Waals surface area (Å²) in [4.78, 5) is 11.2. The summed E-state index contributed by atoms with van der Waals surface area (Å²) >= 11 is 0. The lowest BCUT2D eigenvalue weighted by Crippen LogP contribution is -2.52. The van der Waals surface area contributed by atoms with Crippen LogP contribution >= 0.6 is 0 Å². The molecule has 1 atom stereocenters. The standard InChI is InChI=1S/C15H23NO3/c1-10(2)12-7-6-11(3)8-13(12)19-9-15(4,16-5)14(17)18/h6-8,10,16H,9H2,1-5H3,(H,17,18). The minimum absolute atomic E-state index is 0.0853. The normalized spacial score (nSPS) is 14.2. The van der Waals surface area contributed by atoms with Gasteiger partial charge < -0.3 is 15.2 Å². The van der Waals surface area contributed by atoms with Crippen LogP contribution in [0.3, 0.4) is 0 Å². The molecule has 0 spiro atoms. The number of hydrogen-bond acceptors (Lipinski definition) is 3. The molecule has 0 aliphatic rings. The quantitative estimate of drug-likeness (QED) is 0.830. The van der Waals surface area contributed by atoms with Gasteiger partial charge in [0.2, 0.25) is 0 Å². The van der Waals surface area contributed by atoms with Crippen LogP contribution in [0.5, 0.6) is 5.75 Å². The first-order valence-electron chi connectivity index (χ1n) is 6.46. The number of nitrogens with one attached hydrogen (secondary N) is 1. The van der Waals surface area contributed by atoms with Gasteiger partial charge in [0.05, 0.1) is 0 Å². The first kappa shape index (κ1) is 15.5. The number of carboxylic acid groups (broad SMARTS) is 1. The van der Waals surface area contributed by atoms with Crippen molar-refractivity contribution in [2.75, 3.05) is 13.7 Å². The highest BCUT2D eigenvalue weighted by Gasteiger charge is 2.32. The molecule has 19 heavy (non-hydrogen) atoms. The molecule has 0 saturated heterocycles. The van der Waals surface area contributed by atoms with E-state index in [1.54, 1.807) is 14.0 Å². The minimum Gasteiger partial charge on any atom is -0.491 e. The first-order valence-corrected chi connectivity index (χ1v) is 6.46. The van der Waals surface area contributed by atoms with Crippen LogP contribution in [0.2, 0.25) is 0 Å². The maximum Gasteiger partial charge on any atom is 0.327 e. The SMILES string of the molecule is CNC(C)(COc1cc(C)ccc1C(C)C)C(=O)O. The van der Waals surface area contributed by atoms with Crippen molar-refractivity contribution in [1.82, 2.24) is 5.32 Å². The van der Waals surface area contributed by atoms with Crippen LogP contribution in [0.15, 0.2) is 18.2 Å². The Balaban J connectivity index is 2.93. The number of likely N-dealkylation sites (N-methyl/N-ethyl adjacent to an activating group) is 1. The van der Waals surface area contributed by atoms with Crippen LogP contribution in [-0.4, -0.2) is 30.3 Å². The monoisotopic (exact) mass is 265 g/mol. The molecule has 4 heteroatoms. The van der Waals surface area contributed by atoms with Gasteiger partial charge in [-0.25, -0.2) is 0 Å². The fraction of sp³-hybridized carbons (Fsp3) is 0.533. The first-order chi connectivity index (χ1) is 8.80. The molecular weight excluding hydrogens is 242 g/mol. The summed E-state index contributed by atoms with van der Waals surface area (Å²) in [6.45, 7) is 7.87. The predicted octanol–water partition coefficient (Wildman–Crippen LogP) is 2.56. The van der Waals surface area contributed by atoms with Crippen molar-refractivity contribution >= 4 is 5.97 Å². The van der Waals surface area contributed by atoms with Gasteiger partial charge in [-0.1, -0.05) is 26.0 Å². The molecule has 0 radical (unpaired) electrons. The van der Waals surface area contributed by atoms with Crippen molar-refractivity contribution in [1.29, 1.82) is 0 Å². The van der Waals surface area contributed by atoms with E-state index >= 15 is 0 Å². The van der Waals surface area contributed by atoms with Crippen molar-refractivity contribution < 1.29 is 14.6 Å². The van der Waals surface area contributed by atoms with E-state index < -0.39 is 11.5 Å². The van der Waals surface area contributed by atoms with Crippen LogP contribution < -0.4 is 10.1 Å². The number of hydrogen-bond donors (Lipinski definition) is 2. The summed E-state index contributed by atoms with van der Waals surface area (Å²) < 4.78 is 5.75. The van der Waals surface area contributed by atoms with E-state index in [0.717, 1.165) is 16.9 Å². The Morgan fingerprint density at radius 2 is 2.11 bits per heavy atom. The van der Waals surface area contributed by atoms with Crippen LogP contribution in [0.25, 0.3) is 0 Å². The van der Waals surface area contributed by atoms with Crippen LogP contribution in [0, 0.1) is 6.92 Å². The maximum absolute atomic E-state index is 11.2. The van der Waals surface area contributed by atoms with Crippen LogP contribution in [0.4, 0.5) is 0 Å². The molecule has 0 fully saturated rings. The summed E-state index contributed by atoms with van der Waals surface area (Å²) in [6, 6.07) is 6.02. The fourth-order valence-corrected chi connectivity index (χ4v) is 1.71. The third-order valence-electron chi connectivity index (χ3n) is 3.33. The van der Waals surface area contributed by atoms with Crippen molar-refractivity contribution in [2.45, 2.75) is 39.2 Å². The molecule has 0 aliphatic heterocycles. The average molecular weight is 265 g/mol. The molecule has 1 aromatic rings. The van der Waals surface area contributed by atoms with Crippen LogP contribution in [-0.2, 0) is 4.79 Å². The van der Waals surface area contributed by atoms with E-state index in [9.17, 15) is 9.90 Å². The van der Waals surface area contributed by atoms with Gasteiger partial charge in [-0.15, -0.1) is 0 Å². The highest BCUT2D eigenvalue weighted by atomic mass is 16.5. The second-order valence-electron chi connectivity index (χ2n) is 5.37.